The maximum absolute atomic E-state index is 12.2. The third-order valence-corrected chi connectivity index (χ3v) is 3.54. The summed E-state index contributed by atoms with van der Waals surface area (Å²) < 4.78 is 6.45. The number of nitrogens with zero attached hydrogens (tertiary/aromatic N) is 1. The molecule has 0 radical (unpaired) electrons. The number of ether oxygens (including phenoxy) is 1. The highest BCUT2D eigenvalue weighted by molar-refractivity contribution is 5.86. The van der Waals surface area contributed by atoms with Crippen LogP contribution < -0.4 is 5.56 Å². The Kier molecular flexibility index (Phi) is 2.13. The first-order valence-corrected chi connectivity index (χ1v) is 5.71. The van der Waals surface area contributed by atoms with Gasteiger partial charge >= 0.3 is 5.97 Å². The van der Waals surface area contributed by atoms with Crippen LogP contribution in [0.15, 0.2) is 10.9 Å². The molecule has 5 heteroatoms. The van der Waals surface area contributed by atoms with Gasteiger partial charge in [0.2, 0.25) is 0 Å². The van der Waals surface area contributed by atoms with E-state index in [0.717, 1.165) is 18.5 Å². The average molecular weight is 245 g/mol. The van der Waals surface area contributed by atoms with Crippen LogP contribution in [0.2, 0.25) is 0 Å². The summed E-state index contributed by atoms with van der Waals surface area (Å²) in [7, 11) is 0. The summed E-state index contributed by atoms with van der Waals surface area (Å²) in [6.07, 6.45) is 6.85. The average Bonchev–Trinajstić information content (AvgIpc) is 2.83. The molecule has 1 N–H and O–H groups in total. The van der Waals surface area contributed by atoms with Crippen molar-refractivity contribution in [2.45, 2.75) is 31.6 Å². The number of esters is 1. The Bertz CT molecular complexity index is 652. The Morgan fingerprint density at radius 1 is 1.50 bits per heavy atom. The number of carbonyl (C=O) groups is 1. The Morgan fingerprint density at radius 3 is 3.00 bits per heavy atom. The van der Waals surface area contributed by atoms with E-state index in [2.05, 4.69) is 0 Å². The molecule has 1 aromatic heterocycles. The van der Waals surface area contributed by atoms with Gasteiger partial charge in [0.15, 0.2) is 0 Å². The van der Waals surface area contributed by atoms with E-state index in [1.807, 2.05) is 5.92 Å². The second kappa shape index (κ2) is 3.47. The largest absolute Gasteiger partial charge is 0.457 e. The third kappa shape index (κ3) is 1.21. The molecule has 3 heterocycles. The highest BCUT2D eigenvalue weighted by Crippen LogP contribution is 2.31. The topological polar surface area (TPSA) is 68.5 Å². The Labute approximate surface area is 103 Å². The van der Waals surface area contributed by atoms with Crippen LogP contribution >= 0.6 is 0 Å². The lowest BCUT2D eigenvalue weighted by molar-refractivity contribution is -0.164. The van der Waals surface area contributed by atoms with E-state index in [-0.39, 0.29) is 23.3 Å². The number of hydrogen-bond acceptors (Lipinski definition) is 4. The molecule has 0 fully saturated rings. The van der Waals surface area contributed by atoms with Gasteiger partial charge in [0, 0.05) is 17.8 Å². The van der Waals surface area contributed by atoms with Gasteiger partial charge in [0.1, 0.15) is 6.61 Å². The lowest BCUT2D eigenvalue weighted by Gasteiger charge is -2.28. The number of carbonyl (C=O) groups excluding carboxylic acids is 1. The first-order chi connectivity index (χ1) is 8.58. The molecular formula is C13H11NO4. The molecule has 0 saturated heterocycles. The summed E-state index contributed by atoms with van der Waals surface area (Å²) in [5.41, 5.74) is -1.06. The molecule has 0 amide bonds. The van der Waals surface area contributed by atoms with Crippen molar-refractivity contribution in [2.24, 2.45) is 0 Å². The quantitative estimate of drug-likeness (QED) is 0.502. The monoisotopic (exact) mass is 245 g/mol. The highest BCUT2D eigenvalue weighted by atomic mass is 16.6. The van der Waals surface area contributed by atoms with Crippen LogP contribution in [0.3, 0.4) is 0 Å². The van der Waals surface area contributed by atoms with Crippen molar-refractivity contribution in [3.63, 3.8) is 0 Å². The normalized spacial score (nSPS) is 25.0. The van der Waals surface area contributed by atoms with E-state index in [4.69, 9.17) is 11.2 Å². The number of cyclic esters (lactones) is 1. The second-order valence-electron chi connectivity index (χ2n) is 4.52. The van der Waals surface area contributed by atoms with Crippen LogP contribution in [0.25, 0.3) is 0 Å². The maximum atomic E-state index is 12.2. The number of hydrogen-bond donors (Lipinski definition) is 1. The zero-order chi connectivity index (χ0) is 12.9. The molecule has 0 aliphatic carbocycles. The lowest BCUT2D eigenvalue weighted by Crippen LogP contribution is -2.44. The highest BCUT2D eigenvalue weighted by Gasteiger charge is 2.45. The van der Waals surface area contributed by atoms with Crippen molar-refractivity contribution in [3.8, 4) is 12.3 Å². The standard InChI is InChI=1S/C13H11NO4/c1-2-13(17)10-6-8-4-3-5-14(8)11(15)9(10)7-18-12(13)16/h1,6,17H,3-5,7H2/t13-/m0/s1. The smallest absolute Gasteiger partial charge is 0.356 e. The predicted octanol–water partition coefficient (Wildman–Crippen LogP) is -0.328. The first-order valence-electron chi connectivity index (χ1n) is 5.71. The third-order valence-electron chi connectivity index (χ3n) is 3.54. The molecule has 1 aromatic rings. The van der Waals surface area contributed by atoms with E-state index >= 15 is 0 Å². The zero-order valence-electron chi connectivity index (χ0n) is 9.60. The molecule has 0 unspecified atom stereocenters. The van der Waals surface area contributed by atoms with Crippen LogP contribution in [0.1, 0.15) is 23.2 Å². The first kappa shape index (κ1) is 11.1. The van der Waals surface area contributed by atoms with Crippen LogP contribution in [0.5, 0.6) is 0 Å². The molecule has 2 aliphatic rings. The summed E-state index contributed by atoms with van der Waals surface area (Å²) in [6.45, 7) is 0.529. The van der Waals surface area contributed by atoms with Crippen LogP contribution in [0.4, 0.5) is 0 Å². The minimum atomic E-state index is -2.13. The van der Waals surface area contributed by atoms with Crippen molar-refractivity contribution >= 4 is 5.97 Å². The SMILES string of the molecule is C#C[C@@]1(O)C(=O)OCc2c1cc1n(c2=O)CCC1. The Morgan fingerprint density at radius 2 is 2.28 bits per heavy atom. The lowest BCUT2D eigenvalue weighted by atomic mass is 9.89. The van der Waals surface area contributed by atoms with Gasteiger partial charge in [-0.05, 0) is 18.9 Å². The van der Waals surface area contributed by atoms with E-state index in [0.29, 0.717) is 6.54 Å². The van der Waals surface area contributed by atoms with E-state index in [1.165, 1.54) is 0 Å². The van der Waals surface area contributed by atoms with Crippen molar-refractivity contribution in [2.75, 3.05) is 0 Å². The fourth-order valence-corrected chi connectivity index (χ4v) is 2.56. The summed E-state index contributed by atoms with van der Waals surface area (Å²) in [5.74, 6) is 1.15. The van der Waals surface area contributed by atoms with Crippen LogP contribution in [-0.4, -0.2) is 15.6 Å². The van der Waals surface area contributed by atoms with Crippen molar-refractivity contribution < 1.29 is 14.6 Å². The van der Waals surface area contributed by atoms with Gasteiger partial charge in [-0.15, -0.1) is 6.42 Å². The molecule has 0 spiro atoms. The summed E-state index contributed by atoms with van der Waals surface area (Å²) in [5, 5.41) is 10.2. The molecule has 0 bridgehead atoms. The number of pyridine rings is 1. The van der Waals surface area contributed by atoms with Gasteiger partial charge in [0.05, 0.1) is 5.56 Å². The van der Waals surface area contributed by atoms with Gasteiger partial charge in [0.25, 0.3) is 11.2 Å². The number of aromatic nitrogens is 1. The molecule has 0 aromatic carbocycles. The fourth-order valence-electron chi connectivity index (χ4n) is 2.56. The molecule has 92 valence electrons. The van der Waals surface area contributed by atoms with Crippen LogP contribution in [-0.2, 0) is 34.7 Å². The molecule has 0 saturated carbocycles. The minimum Gasteiger partial charge on any atom is -0.457 e. The number of rotatable bonds is 0. The summed E-state index contributed by atoms with van der Waals surface area (Å²) in [4.78, 5) is 23.8. The van der Waals surface area contributed by atoms with Crippen LogP contribution in [0, 0.1) is 12.3 Å². The second-order valence-corrected chi connectivity index (χ2v) is 4.52. The van der Waals surface area contributed by atoms with Gasteiger partial charge in [-0.1, -0.05) is 5.92 Å². The van der Waals surface area contributed by atoms with Crippen molar-refractivity contribution in [1.82, 2.24) is 4.57 Å². The fraction of sp³-hybridized carbons (Fsp3) is 0.385. The Hall–Kier alpha value is -2.06. The number of aliphatic hydroxyl groups is 1. The molecule has 2 aliphatic heterocycles. The van der Waals surface area contributed by atoms with Gasteiger partial charge < -0.3 is 14.4 Å². The Balaban J connectivity index is 2.34. The molecular weight excluding hydrogens is 234 g/mol. The van der Waals surface area contributed by atoms with Gasteiger partial charge in [-0.3, -0.25) is 4.79 Å². The molecule has 5 nitrogen and oxygen atoms in total. The number of aryl methyl sites for hydroxylation is 1. The molecule has 18 heavy (non-hydrogen) atoms. The minimum absolute atomic E-state index is 0.128. The van der Waals surface area contributed by atoms with Gasteiger partial charge in [-0.25, -0.2) is 4.79 Å². The summed E-state index contributed by atoms with van der Waals surface area (Å²) >= 11 is 0. The number of terminal acetylenes is 1. The molecule has 1 atom stereocenters. The predicted molar refractivity (Wildman–Crippen MR) is 61.5 cm³/mol. The van der Waals surface area contributed by atoms with E-state index in [1.54, 1.807) is 10.6 Å². The van der Waals surface area contributed by atoms with E-state index < -0.39 is 11.6 Å². The summed E-state index contributed by atoms with van der Waals surface area (Å²) in [6, 6.07) is 1.66. The van der Waals surface area contributed by atoms with Gasteiger partial charge in [-0.2, -0.15) is 0 Å². The van der Waals surface area contributed by atoms with Crippen molar-refractivity contribution in [1.29, 1.82) is 0 Å². The zero-order valence-corrected chi connectivity index (χ0v) is 9.60. The number of fused-ring (bicyclic) bond motifs is 2. The maximum Gasteiger partial charge on any atom is 0.356 e. The van der Waals surface area contributed by atoms with E-state index in [9.17, 15) is 14.7 Å². The van der Waals surface area contributed by atoms with Crippen molar-refractivity contribution in [3.05, 3.63) is 33.2 Å². The molecule has 3 rings (SSSR count).